The van der Waals surface area contributed by atoms with Crippen molar-refractivity contribution in [2.75, 3.05) is 22.1 Å². The number of nitrogen functional groups attached to an aromatic ring is 1. The van der Waals surface area contributed by atoms with Crippen LogP contribution in [0.3, 0.4) is 0 Å². The first kappa shape index (κ1) is 35.5. The highest BCUT2D eigenvalue weighted by Gasteiger charge is 2.32. The number of rotatable bonds is 14. The third-order valence-electron chi connectivity index (χ3n) is 8.31. The SMILES string of the molecule is Nc1ccccc1NC(=O)CCCCC(=O)Nc1ccc([C@@H]2O[C@H](CSc3nnnn3-c3ccc(O)cc3)C[C@H](c3ccc(CO)cc3)O2)cc1. The first-order valence-corrected chi connectivity index (χ1v) is 17.6. The smallest absolute Gasteiger partial charge is 0.224 e. The van der Waals surface area contributed by atoms with E-state index < -0.39 is 6.29 Å². The molecule has 0 spiro atoms. The van der Waals surface area contributed by atoms with Crippen LogP contribution in [0.25, 0.3) is 5.69 Å². The van der Waals surface area contributed by atoms with Crippen LogP contribution in [0.1, 0.15) is 61.2 Å². The molecule has 0 saturated carbocycles. The van der Waals surface area contributed by atoms with Gasteiger partial charge in [-0.15, -0.1) is 5.10 Å². The summed E-state index contributed by atoms with van der Waals surface area (Å²) in [5.74, 6) is 0.412. The molecule has 4 aromatic carbocycles. The van der Waals surface area contributed by atoms with Crippen LogP contribution in [0.4, 0.5) is 17.1 Å². The van der Waals surface area contributed by atoms with Crippen LogP contribution >= 0.6 is 11.8 Å². The Morgan fingerprint density at radius 1 is 0.863 bits per heavy atom. The molecule has 1 saturated heterocycles. The van der Waals surface area contributed by atoms with Crippen molar-refractivity contribution < 1.29 is 29.3 Å². The largest absolute Gasteiger partial charge is 0.508 e. The van der Waals surface area contributed by atoms with Gasteiger partial charge in [0.25, 0.3) is 0 Å². The maximum atomic E-state index is 12.6. The molecule has 1 aliphatic heterocycles. The first-order valence-electron chi connectivity index (χ1n) is 16.6. The van der Waals surface area contributed by atoms with Crippen molar-refractivity contribution in [1.82, 2.24) is 20.2 Å². The number of phenols is 1. The zero-order valence-electron chi connectivity index (χ0n) is 27.7. The van der Waals surface area contributed by atoms with Crippen molar-refractivity contribution in [2.24, 2.45) is 0 Å². The summed E-state index contributed by atoms with van der Waals surface area (Å²) >= 11 is 1.46. The number of anilines is 3. The molecular formula is C37H39N7O6S. The van der Waals surface area contributed by atoms with Crippen LogP contribution in [0, 0.1) is 0 Å². The average Bonchev–Trinajstić information content (AvgIpc) is 3.63. The highest BCUT2D eigenvalue weighted by Crippen LogP contribution is 2.39. The molecule has 14 heteroatoms. The molecule has 1 aliphatic rings. The van der Waals surface area contributed by atoms with E-state index in [1.807, 2.05) is 48.5 Å². The maximum absolute atomic E-state index is 12.6. The minimum Gasteiger partial charge on any atom is -0.508 e. The Labute approximate surface area is 299 Å². The number of nitrogens with two attached hydrogens (primary N) is 1. The van der Waals surface area contributed by atoms with E-state index in [-0.39, 0.29) is 42.8 Å². The number of tetrazole rings is 1. The molecule has 6 rings (SSSR count). The summed E-state index contributed by atoms with van der Waals surface area (Å²) in [5, 5.41) is 37.7. The van der Waals surface area contributed by atoms with Crippen LogP contribution in [0.5, 0.6) is 5.75 Å². The number of aromatic hydroxyl groups is 1. The van der Waals surface area contributed by atoms with Gasteiger partial charge in [0.15, 0.2) is 6.29 Å². The number of unbranched alkanes of at least 4 members (excludes halogenated alkanes) is 1. The minimum absolute atomic E-state index is 0.0444. The minimum atomic E-state index is -0.679. The Morgan fingerprint density at radius 3 is 2.25 bits per heavy atom. The van der Waals surface area contributed by atoms with Gasteiger partial charge in [-0.25, -0.2) is 0 Å². The molecule has 5 aromatic rings. The molecule has 0 bridgehead atoms. The number of para-hydroxylation sites is 2. The molecule has 6 N–H and O–H groups in total. The Hall–Kier alpha value is -5.28. The van der Waals surface area contributed by atoms with Crippen molar-refractivity contribution in [2.45, 2.75) is 62.4 Å². The van der Waals surface area contributed by atoms with E-state index in [9.17, 15) is 19.8 Å². The Balaban J connectivity index is 1.05. The van der Waals surface area contributed by atoms with Crippen LogP contribution in [0.2, 0.25) is 0 Å². The number of thioether (sulfide) groups is 1. The van der Waals surface area contributed by atoms with Gasteiger partial charge in [-0.05, 0) is 82.9 Å². The number of phenolic OH excluding ortho intramolecular Hbond substituents is 1. The highest BCUT2D eigenvalue weighted by atomic mass is 32.2. The van der Waals surface area contributed by atoms with E-state index in [1.165, 1.54) is 11.8 Å². The number of benzene rings is 4. The topological polar surface area (TPSA) is 187 Å². The number of aliphatic hydroxyl groups excluding tert-OH is 1. The van der Waals surface area contributed by atoms with Gasteiger partial charge in [0, 0.05) is 36.3 Å². The summed E-state index contributed by atoms with van der Waals surface area (Å²) in [6.45, 7) is -0.0444. The molecule has 2 heterocycles. The number of hydrogen-bond donors (Lipinski definition) is 5. The predicted octanol–water partition coefficient (Wildman–Crippen LogP) is 5.92. The molecule has 51 heavy (non-hydrogen) atoms. The molecule has 13 nitrogen and oxygen atoms in total. The van der Waals surface area contributed by atoms with Gasteiger partial charge in [-0.2, -0.15) is 4.68 Å². The average molecular weight is 710 g/mol. The lowest BCUT2D eigenvalue weighted by molar-refractivity contribution is -0.245. The summed E-state index contributed by atoms with van der Waals surface area (Å²) in [6.07, 6.45) is 1.10. The van der Waals surface area contributed by atoms with Gasteiger partial charge in [-0.3, -0.25) is 9.59 Å². The van der Waals surface area contributed by atoms with Gasteiger partial charge >= 0.3 is 0 Å². The van der Waals surface area contributed by atoms with Gasteiger partial charge in [0.1, 0.15) is 5.75 Å². The fourth-order valence-electron chi connectivity index (χ4n) is 5.56. The summed E-state index contributed by atoms with van der Waals surface area (Å²) in [7, 11) is 0. The van der Waals surface area contributed by atoms with Gasteiger partial charge < -0.3 is 36.1 Å². The van der Waals surface area contributed by atoms with Gasteiger partial charge in [0.2, 0.25) is 17.0 Å². The predicted molar refractivity (Wildman–Crippen MR) is 193 cm³/mol. The van der Waals surface area contributed by atoms with Crippen LogP contribution in [-0.2, 0) is 25.7 Å². The summed E-state index contributed by atoms with van der Waals surface area (Å²) < 4.78 is 14.5. The van der Waals surface area contributed by atoms with E-state index in [1.54, 1.807) is 53.2 Å². The molecule has 0 unspecified atom stereocenters. The molecule has 1 fully saturated rings. The number of hydrogen-bond acceptors (Lipinski definition) is 11. The molecule has 2 amide bonds. The van der Waals surface area contributed by atoms with Crippen molar-refractivity contribution in [3.8, 4) is 11.4 Å². The number of aromatic nitrogens is 4. The van der Waals surface area contributed by atoms with Crippen LogP contribution in [0.15, 0.2) is 102 Å². The van der Waals surface area contributed by atoms with Crippen LogP contribution < -0.4 is 16.4 Å². The van der Waals surface area contributed by atoms with E-state index in [2.05, 4.69) is 26.2 Å². The first-order chi connectivity index (χ1) is 24.8. The van der Waals surface area contributed by atoms with E-state index in [0.717, 1.165) is 22.4 Å². The molecule has 264 valence electrons. The Bertz CT molecular complexity index is 1900. The number of carbonyl (C=O) groups is 2. The van der Waals surface area contributed by atoms with Crippen LogP contribution in [-0.4, -0.2) is 54.1 Å². The van der Waals surface area contributed by atoms with E-state index in [0.29, 0.717) is 53.7 Å². The fraction of sp³-hybridized carbons (Fsp3) is 0.270. The van der Waals surface area contributed by atoms with Gasteiger partial charge in [0.05, 0.1) is 35.9 Å². The second-order valence-electron chi connectivity index (χ2n) is 12.1. The lowest BCUT2D eigenvalue weighted by atomic mass is 10.0. The zero-order valence-corrected chi connectivity index (χ0v) is 28.5. The molecular weight excluding hydrogens is 671 g/mol. The summed E-state index contributed by atoms with van der Waals surface area (Å²) in [6, 6.07) is 28.8. The lowest BCUT2D eigenvalue weighted by Crippen LogP contribution is -2.31. The number of nitrogens with zero attached hydrogens (tertiary/aromatic N) is 4. The third-order valence-corrected chi connectivity index (χ3v) is 9.36. The molecule has 3 atom stereocenters. The van der Waals surface area contributed by atoms with Crippen molar-refractivity contribution >= 4 is 40.6 Å². The Morgan fingerprint density at radius 2 is 1.55 bits per heavy atom. The monoisotopic (exact) mass is 709 g/mol. The summed E-state index contributed by atoms with van der Waals surface area (Å²) in [5.41, 5.74) is 10.9. The number of carbonyl (C=O) groups excluding carboxylic acids is 2. The number of nitrogens with one attached hydrogen (secondary N) is 2. The quantitative estimate of drug-likeness (QED) is 0.0524. The summed E-state index contributed by atoms with van der Waals surface area (Å²) in [4.78, 5) is 24.9. The lowest BCUT2D eigenvalue weighted by Gasteiger charge is -2.36. The van der Waals surface area contributed by atoms with Crippen molar-refractivity contribution in [1.29, 1.82) is 0 Å². The zero-order chi connectivity index (χ0) is 35.6. The highest BCUT2D eigenvalue weighted by molar-refractivity contribution is 7.99. The van der Waals surface area contributed by atoms with Crippen molar-refractivity contribution in [3.05, 3.63) is 114 Å². The number of ether oxygens (including phenoxy) is 2. The Kier molecular flexibility index (Phi) is 11.9. The second-order valence-corrected chi connectivity index (χ2v) is 13.1. The van der Waals surface area contributed by atoms with Gasteiger partial charge in [-0.1, -0.05) is 60.3 Å². The normalized spacial score (nSPS) is 17.2. The van der Waals surface area contributed by atoms with E-state index in [4.69, 9.17) is 15.2 Å². The fourth-order valence-corrected chi connectivity index (χ4v) is 6.46. The maximum Gasteiger partial charge on any atom is 0.224 e. The molecule has 0 aliphatic carbocycles. The number of amides is 2. The third kappa shape index (κ3) is 9.70. The van der Waals surface area contributed by atoms with E-state index >= 15 is 0 Å². The number of aliphatic hydroxyl groups is 1. The second kappa shape index (κ2) is 17.1. The standard InChI is InChI=1S/C37H39N7O6S/c38-31-5-1-2-6-32(31)40-35(48)8-4-3-7-34(47)39-27-15-13-26(14-16-27)36-49-30(21-33(50-36)25-11-9-24(22-45)10-12-25)23-51-37-41-42-43-44(37)28-17-19-29(46)20-18-28/h1-2,5-6,9-20,30,33,36,45-46H,3-4,7-8,21-23,38H2,(H,39,47)(H,40,48)/t30-,33+,36+/m0/s1. The molecule has 1 aromatic heterocycles. The van der Waals surface area contributed by atoms with Crippen molar-refractivity contribution in [3.63, 3.8) is 0 Å². The molecule has 0 radical (unpaired) electrons.